The molecule has 2 aromatic rings. The number of nitrogens with one attached hydrogen (secondary N) is 2. The summed E-state index contributed by atoms with van der Waals surface area (Å²) in [5, 5.41) is 9.64. The zero-order chi connectivity index (χ0) is 16.7. The van der Waals surface area contributed by atoms with Crippen LogP contribution in [-0.2, 0) is 9.59 Å². The van der Waals surface area contributed by atoms with E-state index in [-0.39, 0.29) is 24.1 Å². The van der Waals surface area contributed by atoms with Gasteiger partial charge in [0.25, 0.3) is 0 Å². The van der Waals surface area contributed by atoms with E-state index in [0.29, 0.717) is 16.6 Å². The van der Waals surface area contributed by atoms with E-state index in [1.54, 1.807) is 38.4 Å². The number of hydrogen-bond acceptors (Lipinski definition) is 6. The Morgan fingerprint density at radius 3 is 2.96 bits per heavy atom. The molecule has 0 aliphatic rings. The zero-order valence-corrected chi connectivity index (χ0v) is 13.6. The first-order valence-corrected chi connectivity index (χ1v) is 7.73. The fourth-order valence-corrected chi connectivity index (χ4v) is 2.43. The summed E-state index contributed by atoms with van der Waals surface area (Å²) in [5.41, 5.74) is 0.617. The number of amides is 2. The van der Waals surface area contributed by atoms with Crippen LogP contribution < -0.4 is 10.1 Å². The standard InChI is InChI=1S/C14H17N5O3S/c1-19(13(21)8-23-14-15-9-16-18-14)7-12(20)17-10-4-3-5-11(6-10)22-2/h3-6,9H,7-8H2,1-2H3,(H,17,20)(H,15,16,18). The first-order valence-electron chi connectivity index (χ1n) is 6.74. The number of H-pyrrole nitrogens is 1. The number of hydrogen-bond donors (Lipinski definition) is 2. The molecule has 2 amide bonds. The second kappa shape index (κ2) is 8.18. The number of rotatable bonds is 7. The van der Waals surface area contributed by atoms with Gasteiger partial charge in [-0.25, -0.2) is 4.98 Å². The van der Waals surface area contributed by atoms with E-state index in [1.165, 1.54) is 23.0 Å². The predicted molar refractivity (Wildman–Crippen MR) is 86.4 cm³/mol. The van der Waals surface area contributed by atoms with Gasteiger partial charge in [0.2, 0.25) is 11.8 Å². The van der Waals surface area contributed by atoms with Crippen molar-refractivity contribution in [3.05, 3.63) is 30.6 Å². The molecule has 8 nitrogen and oxygen atoms in total. The smallest absolute Gasteiger partial charge is 0.243 e. The Hall–Kier alpha value is -2.55. The van der Waals surface area contributed by atoms with Gasteiger partial charge in [0, 0.05) is 18.8 Å². The maximum Gasteiger partial charge on any atom is 0.243 e. The maximum absolute atomic E-state index is 12.0. The van der Waals surface area contributed by atoms with Gasteiger partial charge in [0.1, 0.15) is 12.1 Å². The van der Waals surface area contributed by atoms with Crippen molar-refractivity contribution in [2.24, 2.45) is 0 Å². The molecule has 0 saturated carbocycles. The first-order chi connectivity index (χ1) is 11.1. The van der Waals surface area contributed by atoms with Crippen LogP contribution in [0.5, 0.6) is 5.75 Å². The Balaban J connectivity index is 1.80. The number of nitrogens with zero attached hydrogens (tertiary/aromatic N) is 3. The third-order valence-corrected chi connectivity index (χ3v) is 3.75. The van der Waals surface area contributed by atoms with Crippen LogP contribution in [0.1, 0.15) is 0 Å². The summed E-state index contributed by atoms with van der Waals surface area (Å²) < 4.78 is 5.09. The lowest BCUT2D eigenvalue weighted by Crippen LogP contribution is -2.35. The van der Waals surface area contributed by atoms with E-state index in [1.807, 2.05) is 0 Å². The lowest BCUT2D eigenvalue weighted by Gasteiger charge is -2.16. The molecule has 1 aromatic heterocycles. The van der Waals surface area contributed by atoms with Crippen LogP contribution in [0.4, 0.5) is 5.69 Å². The number of carbonyl (C=O) groups excluding carboxylic acids is 2. The van der Waals surface area contributed by atoms with Gasteiger partial charge in [0.15, 0.2) is 5.16 Å². The molecule has 0 radical (unpaired) electrons. The van der Waals surface area contributed by atoms with Gasteiger partial charge in [-0.2, -0.15) is 5.10 Å². The average molecular weight is 335 g/mol. The normalized spacial score (nSPS) is 10.2. The molecule has 2 N–H and O–H groups in total. The summed E-state index contributed by atoms with van der Waals surface area (Å²) in [6.45, 7) is -0.0347. The number of thioether (sulfide) groups is 1. The molecule has 0 bridgehead atoms. The number of carbonyl (C=O) groups is 2. The topological polar surface area (TPSA) is 100 Å². The van der Waals surface area contributed by atoms with E-state index >= 15 is 0 Å². The minimum atomic E-state index is -0.279. The number of ether oxygens (including phenoxy) is 1. The molecule has 0 unspecified atom stereocenters. The first kappa shape index (κ1) is 16.8. The summed E-state index contributed by atoms with van der Waals surface area (Å²) in [5.74, 6) is 0.375. The Morgan fingerprint density at radius 2 is 2.26 bits per heavy atom. The molecule has 9 heteroatoms. The molecule has 1 aromatic carbocycles. The van der Waals surface area contributed by atoms with Crippen LogP contribution >= 0.6 is 11.8 Å². The van der Waals surface area contributed by atoms with Gasteiger partial charge in [-0.05, 0) is 12.1 Å². The summed E-state index contributed by atoms with van der Waals surface area (Å²) in [6, 6.07) is 7.02. The lowest BCUT2D eigenvalue weighted by atomic mass is 10.3. The molecular weight excluding hydrogens is 318 g/mol. The largest absolute Gasteiger partial charge is 0.497 e. The van der Waals surface area contributed by atoms with E-state index < -0.39 is 0 Å². The Morgan fingerprint density at radius 1 is 1.43 bits per heavy atom. The maximum atomic E-state index is 12.0. The Kier molecular flexibility index (Phi) is 5.98. The highest BCUT2D eigenvalue weighted by molar-refractivity contribution is 7.99. The van der Waals surface area contributed by atoms with Crippen LogP contribution in [0.3, 0.4) is 0 Å². The van der Waals surface area contributed by atoms with Gasteiger partial charge >= 0.3 is 0 Å². The van der Waals surface area contributed by atoms with Crippen LogP contribution in [0, 0.1) is 0 Å². The van der Waals surface area contributed by atoms with Crippen LogP contribution in [-0.4, -0.2) is 58.4 Å². The van der Waals surface area contributed by atoms with E-state index in [0.717, 1.165) is 0 Å². The number of benzene rings is 1. The molecule has 1 heterocycles. The SMILES string of the molecule is COc1cccc(NC(=O)CN(C)C(=O)CSc2ncn[nH]2)c1. The van der Waals surface area contributed by atoms with Crippen molar-refractivity contribution >= 4 is 29.3 Å². The molecule has 0 aliphatic carbocycles. The molecule has 23 heavy (non-hydrogen) atoms. The van der Waals surface area contributed by atoms with Crippen molar-refractivity contribution in [1.29, 1.82) is 0 Å². The molecule has 2 rings (SSSR count). The van der Waals surface area contributed by atoms with Crippen molar-refractivity contribution in [2.45, 2.75) is 5.16 Å². The number of methoxy groups -OCH3 is 1. The number of likely N-dealkylation sites (N-methyl/N-ethyl adjacent to an activating group) is 1. The molecule has 122 valence electrons. The van der Waals surface area contributed by atoms with Crippen molar-refractivity contribution in [3.8, 4) is 5.75 Å². The van der Waals surface area contributed by atoms with Crippen molar-refractivity contribution in [2.75, 3.05) is 31.8 Å². The highest BCUT2D eigenvalue weighted by atomic mass is 32.2. The van der Waals surface area contributed by atoms with Crippen molar-refractivity contribution in [3.63, 3.8) is 0 Å². The summed E-state index contributed by atoms with van der Waals surface area (Å²) in [6.07, 6.45) is 1.37. The summed E-state index contributed by atoms with van der Waals surface area (Å²) in [7, 11) is 3.13. The van der Waals surface area contributed by atoms with E-state index in [4.69, 9.17) is 4.74 Å². The number of aromatic amines is 1. The summed E-state index contributed by atoms with van der Waals surface area (Å²) in [4.78, 5) is 29.2. The fraction of sp³-hybridized carbons (Fsp3) is 0.286. The Bertz CT molecular complexity index is 662. The van der Waals surface area contributed by atoms with Crippen LogP contribution in [0.25, 0.3) is 0 Å². The predicted octanol–water partition coefficient (Wildman–Crippen LogP) is 1.00. The van der Waals surface area contributed by atoms with Gasteiger partial charge in [-0.15, -0.1) is 0 Å². The number of anilines is 1. The molecule has 0 aliphatic heterocycles. The van der Waals surface area contributed by atoms with E-state index in [2.05, 4.69) is 20.5 Å². The van der Waals surface area contributed by atoms with Crippen LogP contribution in [0.15, 0.2) is 35.7 Å². The number of aromatic nitrogens is 3. The van der Waals surface area contributed by atoms with Gasteiger partial charge in [0.05, 0.1) is 19.4 Å². The van der Waals surface area contributed by atoms with Crippen molar-refractivity contribution < 1.29 is 14.3 Å². The third kappa shape index (κ3) is 5.29. The summed E-state index contributed by atoms with van der Waals surface area (Å²) >= 11 is 1.23. The zero-order valence-electron chi connectivity index (χ0n) is 12.8. The highest BCUT2D eigenvalue weighted by Gasteiger charge is 2.14. The minimum absolute atomic E-state index is 0.0347. The fourth-order valence-electron chi connectivity index (χ4n) is 1.71. The van der Waals surface area contributed by atoms with Gasteiger partial charge in [-0.1, -0.05) is 17.8 Å². The third-order valence-electron chi connectivity index (χ3n) is 2.89. The molecular formula is C14H17N5O3S. The molecule has 0 fully saturated rings. The average Bonchev–Trinajstić information content (AvgIpc) is 3.06. The van der Waals surface area contributed by atoms with Gasteiger partial charge in [-0.3, -0.25) is 14.7 Å². The van der Waals surface area contributed by atoms with E-state index in [9.17, 15) is 9.59 Å². The highest BCUT2D eigenvalue weighted by Crippen LogP contribution is 2.16. The molecule has 0 atom stereocenters. The quantitative estimate of drug-likeness (QED) is 0.732. The van der Waals surface area contributed by atoms with Crippen LogP contribution in [0.2, 0.25) is 0 Å². The Labute approximate surface area is 137 Å². The second-order valence-electron chi connectivity index (χ2n) is 4.61. The van der Waals surface area contributed by atoms with Gasteiger partial charge < -0.3 is 15.0 Å². The van der Waals surface area contributed by atoms with Crippen molar-refractivity contribution in [1.82, 2.24) is 20.1 Å². The monoisotopic (exact) mass is 335 g/mol. The molecule has 0 saturated heterocycles. The minimum Gasteiger partial charge on any atom is -0.497 e. The molecule has 0 spiro atoms. The second-order valence-corrected chi connectivity index (χ2v) is 5.57. The lowest BCUT2D eigenvalue weighted by molar-refractivity contribution is -0.131.